The number of primary amides is 1. The molecule has 0 rings (SSSR count). The fourth-order valence-corrected chi connectivity index (χ4v) is 1.26. The van der Waals surface area contributed by atoms with Crippen LogP contribution in [0.5, 0.6) is 0 Å². The maximum Gasteiger partial charge on any atom is 0.287 e. The minimum Gasteiger partial charge on any atom is -0.366 e. The Bertz CT molecular complexity index is 465. The van der Waals surface area contributed by atoms with Crippen molar-refractivity contribution in [3.05, 3.63) is 24.6 Å². The van der Waals surface area contributed by atoms with Gasteiger partial charge in [-0.05, 0) is 12.0 Å². The predicted molar refractivity (Wildman–Crippen MR) is 72.4 cm³/mol. The molecule has 0 bridgehead atoms. The van der Waals surface area contributed by atoms with Crippen molar-refractivity contribution in [1.29, 1.82) is 0 Å². The van der Waals surface area contributed by atoms with Crippen LogP contribution in [0.1, 0.15) is 13.8 Å². The van der Waals surface area contributed by atoms with Gasteiger partial charge in [0.15, 0.2) is 0 Å². The van der Waals surface area contributed by atoms with Gasteiger partial charge in [-0.1, -0.05) is 27.0 Å². The van der Waals surface area contributed by atoms with Gasteiger partial charge >= 0.3 is 0 Å². The summed E-state index contributed by atoms with van der Waals surface area (Å²) in [5.41, 5.74) is 4.53. The van der Waals surface area contributed by atoms with Gasteiger partial charge in [-0.2, -0.15) is 16.8 Å². The van der Waals surface area contributed by atoms with E-state index < -0.39 is 26.1 Å². The lowest BCUT2D eigenvalue weighted by Gasteiger charge is -1.97. The Balaban J connectivity index is -0.000000209. The maximum absolute atomic E-state index is 10.00. The first-order valence-corrected chi connectivity index (χ1v) is 7.83. The van der Waals surface area contributed by atoms with Crippen molar-refractivity contribution in [2.45, 2.75) is 13.8 Å². The summed E-state index contributed by atoms with van der Waals surface area (Å²) in [5, 5.41) is 0.465. The van der Waals surface area contributed by atoms with Crippen LogP contribution < -0.4 is 5.73 Å². The molecule has 0 aromatic carbocycles. The SMILES string of the molecule is C=CC(N)=O.C=CS(=O)(=O)O.CC(C)CS(=O)(=O)O. The van der Waals surface area contributed by atoms with Crippen molar-refractivity contribution in [2.75, 3.05) is 5.75 Å². The smallest absolute Gasteiger partial charge is 0.287 e. The van der Waals surface area contributed by atoms with Crippen molar-refractivity contribution in [3.63, 3.8) is 0 Å². The zero-order valence-electron chi connectivity index (χ0n) is 10.7. The molecule has 0 aromatic rings. The molecule has 0 saturated heterocycles. The number of rotatable bonds is 4. The molecule has 8 nitrogen and oxygen atoms in total. The van der Waals surface area contributed by atoms with Gasteiger partial charge in [-0.3, -0.25) is 13.9 Å². The third-order valence-corrected chi connectivity index (χ3v) is 2.46. The fourth-order valence-electron chi connectivity index (χ4n) is 0.421. The molecule has 0 heterocycles. The van der Waals surface area contributed by atoms with E-state index in [9.17, 15) is 21.6 Å². The van der Waals surface area contributed by atoms with Crippen molar-refractivity contribution >= 4 is 26.1 Å². The van der Waals surface area contributed by atoms with E-state index in [-0.39, 0.29) is 11.7 Å². The average molecular weight is 317 g/mol. The molecule has 0 aliphatic heterocycles. The van der Waals surface area contributed by atoms with Gasteiger partial charge in [-0.25, -0.2) is 0 Å². The highest BCUT2D eigenvalue weighted by Crippen LogP contribution is 1.95. The van der Waals surface area contributed by atoms with Crippen LogP contribution in [0.25, 0.3) is 0 Å². The van der Waals surface area contributed by atoms with Crippen molar-refractivity contribution in [2.24, 2.45) is 11.7 Å². The Morgan fingerprint density at radius 1 is 1.21 bits per heavy atom. The van der Waals surface area contributed by atoms with E-state index >= 15 is 0 Å². The van der Waals surface area contributed by atoms with Gasteiger partial charge in [0.2, 0.25) is 5.91 Å². The van der Waals surface area contributed by atoms with E-state index in [4.69, 9.17) is 9.11 Å². The van der Waals surface area contributed by atoms with Crippen LogP contribution >= 0.6 is 0 Å². The summed E-state index contributed by atoms with van der Waals surface area (Å²) in [6.45, 7) is 9.34. The lowest BCUT2D eigenvalue weighted by molar-refractivity contribution is -0.113. The molecule has 0 aromatic heterocycles. The second-order valence-electron chi connectivity index (χ2n) is 3.43. The number of carbonyl (C=O) groups is 1. The third-order valence-electron chi connectivity index (χ3n) is 0.956. The summed E-state index contributed by atoms with van der Waals surface area (Å²) in [7, 11) is -7.62. The average Bonchev–Trinajstić information content (AvgIpc) is 2.14. The monoisotopic (exact) mass is 317 g/mol. The van der Waals surface area contributed by atoms with E-state index in [1.807, 2.05) is 0 Å². The standard InChI is InChI=1S/C4H10O3S.C3H5NO.C2H4O3S/c1-4(2)3-8(5,6)7;1-2-3(4)5;1-2-6(3,4)5/h4H,3H2,1-2H3,(H,5,6,7);2H,1H2,(H2,4,5);2H,1H2,(H,3,4,5). The Morgan fingerprint density at radius 2 is 1.47 bits per heavy atom. The molecule has 114 valence electrons. The lowest BCUT2D eigenvalue weighted by atomic mass is 10.3. The number of carbonyl (C=O) groups excluding carboxylic acids is 1. The van der Waals surface area contributed by atoms with Crippen LogP contribution in [0.4, 0.5) is 0 Å². The molecule has 0 radical (unpaired) electrons. The summed E-state index contributed by atoms with van der Waals surface area (Å²) in [6, 6.07) is 0. The van der Waals surface area contributed by atoms with Gasteiger partial charge < -0.3 is 5.73 Å². The quantitative estimate of drug-likeness (QED) is 0.494. The molecule has 0 atom stereocenters. The fraction of sp³-hybridized carbons (Fsp3) is 0.444. The molecular weight excluding hydrogens is 298 g/mol. The number of hydrogen-bond acceptors (Lipinski definition) is 5. The van der Waals surface area contributed by atoms with Crippen LogP contribution in [-0.2, 0) is 25.0 Å². The molecule has 1 amide bonds. The van der Waals surface area contributed by atoms with E-state index in [1.165, 1.54) is 0 Å². The maximum atomic E-state index is 10.00. The van der Waals surface area contributed by atoms with Gasteiger partial charge in [0.05, 0.1) is 11.2 Å². The van der Waals surface area contributed by atoms with Crippen LogP contribution in [0.2, 0.25) is 0 Å². The number of amides is 1. The van der Waals surface area contributed by atoms with E-state index in [0.29, 0.717) is 5.41 Å². The van der Waals surface area contributed by atoms with Gasteiger partial charge in [0, 0.05) is 0 Å². The zero-order chi connectivity index (χ0) is 16.3. The van der Waals surface area contributed by atoms with Crippen molar-refractivity contribution in [1.82, 2.24) is 0 Å². The first-order valence-electron chi connectivity index (χ1n) is 4.72. The molecule has 0 saturated carbocycles. The molecule has 10 heteroatoms. The molecule has 0 aliphatic carbocycles. The Labute approximate surface area is 113 Å². The summed E-state index contributed by atoms with van der Waals surface area (Å²) in [6.07, 6.45) is 1.06. The molecular formula is C9H19NO7S2. The van der Waals surface area contributed by atoms with Crippen LogP contribution in [0.15, 0.2) is 24.6 Å². The minimum absolute atomic E-state index is 0.00463. The first kappa shape index (κ1) is 22.9. The molecule has 4 N–H and O–H groups in total. The first-order chi connectivity index (χ1) is 8.25. The Hall–Kier alpha value is -1.23. The van der Waals surface area contributed by atoms with Gasteiger partial charge in [0.1, 0.15) is 0 Å². The van der Waals surface area contributed by atoms with Crippen molar-refractivity contribution < 1.29 is 30.7 Å². The van der Waals surface area contributed by atoms with E-state index in [2.05, 4.69) is 18.9 Å². The van der Waals surface area contributed by atoms with Crippen LogP contribution in [0, 0.1) is 5.92 Å². The van der Waals surface area contributed by atoms with E-state index in [1.54, 1.807) is 13.8 Å². The largest absolute Gasteiger partial charge is 0.366 e. The minimum atomic E-state index is -3.90. The summed E-state index contributed by atoms with van der Waals surface area (Å²) in [5.74, 6) is -0.623. The third kappa shape index (κ3) is 47.6. The normalized spacial score (nSPS) is 10.4. The van der Waals surface area contributed by atoms with Crippen molar-refractivity contribution in [3.8, 4) is 0 Å². The summed E-state index contributed by atoms with van der Waals surface area (Å²) < 4.78 is 54.7. The predicted octanol–water partition coefficient (Wildman–Crippen LogP) is 0.206. The molecule has 0 fully saturated rings. The number of hydrogen-bond donors (Lipinski definition) is 3. The van der Waals surface area contributed by atoms with E-state index in [0.717, 1.165) is 6.08 Å². The highest BCUT2D eigenvalue weighted by atomic mass is 32.2. The second kappa shape index (κ2) is 10.7. The molecule has 19 heavy (non-hydrogen) atoms. The lowest BCUT2D eigenvalue weighted by Crippen LogP contribution is -2.09. The Kier molecular flexibility index (Phi) is 12.9. The van der Waals surface area contributed by atoms with Gasteiger partial charge in [-0.15, -0.1) is 0 Å². The highest BCUT2D eigenvalue weighted by molar-refractivity contribution is 7.88. The molecule has 0 aliphatic rings. The Morgan fingerprint density at radius 3 is 1.47 bits per heavy atom. The topological polar surface area (TPSA) is 152 Å². The van der Waals surface area contributed by atoms with Crippen LogP contribution in [-0.4, -0.2) is 37.6 Å². The highest BCUT2D eigenvalue weighted by Gasteiger charge is 2.06. The molecule has 0 unspecified atom stereocenters. The molecule has 0 spiro atoms. The zero-order valence-corrected chi connectivity index (χ0v) is 12.3. The summed E-state index contributed by atoms with van der Waals surface area (Å²) >= 11 is 0. The van der Waals surface area contributed by atoms with Crippen LogP contribution in [0.3, 0.4) is 0 Å². The summed E-state index contributed by atoms with van der Waals surface area (Å²) in [4.78, 5) is 9.47. The van der Waals surface area contributed by atoms with Gasteiger partial charge in [0.25, 0.3) is 20.2 Å². The second-order valence-corrected chi connectivity index (χ2v) is 6.29. The number of nitrogens with two attached hydrogens (primary N) is 1.